The van der Waals surface area contributed by atoms with Crippen LogP contribution >= 0.6 is 11.6 Å². The molecule has 2 aliphatic rings. The van der Waals surface area contributed by atoms with E-state index in [0.717, 1.165) is 12.8 Å². The van der Waals surface area contributed by atoms with Gasteiger partial charge in [0.2, 0.25) is 15.9 Å². The first-order chi connectivity index (χ1) is 9.98. The molecule has 5 nitrogen and oxygen atoms in total. The number of nitrogens with one attached hydrogen (secondary N) is 1. The standard InChI is InChI=1S/C14H17ClN2O3S/c15-11-5-1-2-6-13(11)21(19,20)17-8-10-4-3-7-14(18)16-12(10)9-17/h1-2,5-6,10,12H,3-4,7-9H2,(H,16,18)/t10-,12+/m1/s1. The van der Waals surface area contributed by atoms with Crippen molar-refractivity contribution in [2.75, 3.05) is 13.1 Å². The molecule has 0 saturated carbocycles. The van der Waals surface area contributed by atoms with E-state index in [2.05, 4.69) is 5.32 Å². The Morgan fingerprint density at radius 2 is 2.00 bits per heavy atom. The molecule has 1 amide bonds. The minimum atomic E-state index is -3.61. The predicted octanol–water partition coefficient (Wildman–Crippen LogP) is 1.63. The second-order valence-electron chi connectivity index (χ2n) is 5.58. The van der Waals surface area contributed by atoms with E-state index in [1.165, 1.54) is 10.4 Å². The molecule has 0 bridgehead atoms. The molecule has 1 N–H and O–H groups in total. The average molecular weight is 329 g/mol. The minimum absolute atomic E-state index is 0.0134. The van der Waals surface area contributed by atoms with Crippen LogP contribution in [0.5, 0.6) is 0 Å². The van der Waals surface area contributed by atoms with Crippen molar-refractivity contribution in [1.29, 1.82) is 0 Å². The summed E-state index contributed by atoms with van der Waals surface area (Å²) < 4.78 is 26.8. The summed E-state index contributed by atoms with van der Waals surface area (Å²) in [6.45, 7) is 0.766. The molecule has 1 aromatic carbocycles. The van der Waals surface area contributed by atoms with Crippen molar-refractivity contribution in [3.05, 3.63) is 29.3 Å². The van der Waals surface area contributed by atoms with Crippen LogP contribution in [0, 0.1) is 5.92 Å². The molecular weight excluding hydrogens is 312 g/mol. The van der Waals surface area contributed by atoms with Crippen molar-refractivity contribution in [1.82, 2.24) is 9.62 Å². The maximum atomic E-state index is 12.7. The van der Waals surface area contributed by atoms with E-state index in [1.807, 2.05) is 0 Å². The van der Waals surface area contributed by atoms with Gasteiger partial charge in [0.25, 0.3) is 0 Å². The zero-order valence-corrected chi connectivity index (χ0v) is 13.0. The number of amides is 1. The van der Waals surface area contributed by atoms with E-state index in [-0.39, 0.29) is 27.8 Å². The van der Waals surface area contributed by atoms with Gasteiger partial charge in [-0.3, -0.25) is 4.79 Å². The van der Waals surface area contributed by atoms with Crippen LogP contribution in [-0.4, -0.2) is 37.8 Å². The fourth-order valence-corrected chi connectivity index (χ4v) is 5.10. The van der Waals surface area contributed by atoms with Crippen LogP contribution in [0.4, 0.5) is 0 Å². The fraction of sp³-hybridized carbons (Fsp3) is 0.500. The average Bonchev–Trinajstić information content (AvgIpc) is 2.75. The summed E-state index contributed by atoms with van der Waals surface area (Å²) >= 11 is 6.01. The molecule has 3 rings (SSSR count). The lowest BCUT2D eigenvalue weighted by Crippen LogP contribution is -2.39. The van der Waals surface area contributed by atoms with Crippen LogP contribution in [0.2, 0.25) is 5.02 Å². The van der Waals surface area contributed by atoms with Gasteiger partial charge in [0.05, 0.1) is 5.02 Å². The molecule has 2 heterocycles. The Morgan fingerprint density at radius 1 is 1.24 bits per heavy atom. The summed E-state index contributed by atoms with van der Waals surface area (Å²) in [7, 11) is -3.61. The third-order valence-electron chi connectivity index (χ3n) is 4.19. The third-order valence-corrected chi connectivity index (χ3v) is 6.52. The number of benzene rings is 1. The van der Waals surface area contributed by atoms with Crippen LogP contribution in [0.25, 0.3) is 0 Å². The lowest BCUT2D eigenvalue weighted by molar-refractivity contribution is -0.121. The van der Waals surface area contributed by atoms with Crippen molar-refractivity contribution in [2.45, 2.75) is 30.2 Å². The molecule has 2 aliphatic heterocycles. The van der Waals surface area contributed by atoms with E-state index in [1.54, 1.807) is 18.2 Å². The summed E-state index contributed by atoms with van der Waals surface area (Å²) in [5.41, 5.74) is 0. The Hall–Kier alpha value is -1.11. The highest BCUT2D eigenvalue weighted by Gasteiger charge is 2.41. The van der Waals surface area contributed by atoms with Gasteiger partial charge in [-0.2, -0.15) is 4.31 Å². The highest BCUT2D eigenvalue weighted by Crippen LogP contribution is 2.31. The van der Waals surface area contributed by atoms with Crippen LogP contribution in [0.3, 0.4) is 0 Å². The molecule has 114 valence electrons. The van der Waals surface area contributed by atoms with Gasteiger partial charge in [-0.15, -0.1) is 0 Å². The molecule has 0 aliphatic carbocycles. The van der Waals surface area contributed by atoms with Gasteiger partial charge in [0.15, 0.2) is 0 Å². The molecule has 2 fully saturated rings. The lowest BCUT2D eigenvalue weighted by Gasteiger charge is -2.17. The fourth-order valence-electron chi connectivity index (χ4n) is 3.08. The zero-order valence-electron chi connectivity index (χ0n) is 11.5. The molecule has 21 heavy (non-hydrogen) atoms. The Labute approximate surface area is 129 Å². The molecular formula is C14H17ClN2O3S. The lowest BCUT2D eigenvalue weighted by atomic mass is 9.99. The Bertz CT molecular complexity index is 662. The largest absolute Gasteiger partial charge is 0.352 e. The van der Waals surface area contributed by atoms with Gasteiger partial charge in [-0.1, -0.05) is 23.7 Å². The van der Waals surface area contributed by atoms with E-state index in [9.17, 15) is 13.2 Å². The van der Waals surface area contributed by atoms with Crippen molar-refractivity contribution in [3.8, 4) is 0 Å². The Morgan fingerprint density at radius 3 is 2.76 bits per heavy atom. The van der Waals surface area contributed by atoms with Gasteiger partial charge in [0, 0.05) is 25.6 Å². The number of rotatable bonds is 2. The first-order valence-corrected chi connectivity index (χ1v) is 8.84. The first-order valence-electron chi connectivity index (χ1n) is 7.02. The van der Waals surface area contributed by atoms with Crippen LogP contribution < -0.4 is 5.32 Å². The number of sulfonamides is 1. The van der Waals surface area contributed by atoms with Crippen LogP contribution in [-0.2, 0) is 14.8 Å². The van der Waals surface area contributed by atoms with E-state index in [0.29, 0.717) is 19.5 Å². The molecule has 0 aromatic heterocycles. The summed E-state index contributed by atoms with van der Waals surface area (Å²) in [6.07, 6.45) is 2.22. The van der Waals surface area contributed by atoms with E-state index >= 15 is 0 Å². The number of hydrogen-bond acceptors (Lipinski definition) is 3. The van der Waals surface area contributed by atoms with Gasteiger partial charge < -0.3 is 5.32 Å². The number of fused-ring (bicyclic) bond motifs is 1. The number of hydrogen-bond donors (Lipinski definition) is 1. The molecule has 2 atom stereocenters. The highest BCUT2D eigenvalue weighted by atomic mass is 35.5. The minimum Gasteiger partial charge on any atom is -0.352 e. The van der Waals surface area contributed by atoms with Crippen molar-refractivity contribution in [3.63, 3.8) is 0 Å². The smallest absolute Gasteiger partial charge is 0.244 e. The summed E-state index contributed by atoms with van der Waals surface area (Å²) in [4.78, 5) is 11.7. The third kappa shape index (κ3) is 2.80. The first kappa shape index (κ1) is 14.8. The molecule has 2 saturated heterocycles. The van der Waals surface area contributed by atoms with E-state index in [4.69, 9.17) is 11.6 Å². The SMILES string of the molecule is O=C1CCC[C@@H]2CN(S(=O)(=O)c3ccccc3Cl)C[C@@H]2N1. The topological polar surface area (TPSA) is 66.5 Å². The number of nitrogens with zero attached hydrogens (tertiary/aromatic N) is 1. The van der Waals surface area contributed by atoms with Gasteiger partial charge in [-0.25, -0.2) is 8.42 Å². The maximum Gasteiger partial charge on any atom is 0.244 e. The monoisotopic (exact) mass is 328 g/mol. The van der Waals surface area contributed by atoms with Gasteiger partial charge in [-0.05, 0) is 30.9 Å². The van der Waals surface area contributed by atoms with Crippen molar-refractivity contribution >= 4 is 27.5 Å². The molecule has 0 spiro atoms. The normalized spacial score (nSPS) is 27.0. The second-order valence-corrected chi connectivity index (χ2v) is 7.89. The number of halogens is 1. The van der Waals surface area contributed by atoms with Gasteiger partial charge >= 0.3 is 0 Å². The quantitative estimate of drug-likeness (QED) is 0.897. The maximum absolute atomic E-state index is 12.7. The van der Waals surface area contributed by atoms with E-state index < -0.39 is 10.0 Å². The predicted molar refractivity (Wildman–Crippen MR) is 79.5 cm³/mol. The summed E-state index contributed by atoms with van der Waals surface area (Å²) in [5.74, 6) is 0.202. The number of carbonyl (C=O) groups is 1. The number of carbonyl (C=O) groups excluding carboxylic acids is 1. The molecule has 1 aromatic rings. The Balaban J connectivity index is 1.86. The highest BCUT2D eigenvalue weighted by molar-refractivity contribution is 7.89. The van der Waals surface area contributed by atoms with Crippen LogP contribution in [0.1, 0.15) is 19.3 Å². The van der Waals surface area contributed by atoms with Crippen molar-refractivity contribution < 1.29 is 13.2 Å². The second kappa shape index (κ2) is 5.59. The summed E-state index contributed by atoms with van der Waals surface area (Å²) in [6, 6.07) is 6.37. The molecule has 7 heteroatoms. The van der Waals surface area contributed by atoms with Gasteiger partial charge in [0.1, 0.15) is 4.90 Å². The zero-order chi connectivity index (χ0) is 15.0. The Kier molecular flexibility index (Phi) is 3.94. The summed E-state index contributed by atoms with van der Waals surface area (Å²) in [5, 5.41) is 3.16. The molecule has 0 unspecified atom stereocenters. The van der Waals surface area contributed by atoms with Crippen LogP contribution in [0.15, 0.2) is 29.2 Å². The van der Waals surface area contributed by atoms with Crippen molar-refractivity contribution in [2.24, 2.45) is 5.92 Å². The molecule has 0 radical (unpaired) electrons.